The van der Waals surface area contributed by atoms with Crippen molar-refractivity contribution in [2.24, 2.45) is 0 Å². The maximum Gasteiger partial charge on any atom is 0.303 e. The molecule has 0 saturated carbocycles. The zero-order chi connectivity index (χ0) is 22.2. The molecule has 2 fully saturated rings. The minimum absolute atomic E-state index is 0.242. The molecule has 8 nitrogen and oxygen atoms in total. The number of carbonyl (C=O) groups excluding carboxylic acids is 2. The van der Waals surface area contributed by atoms with Crippen LogP contribution in [0.2, 0.25) is 0 Å². The summed E-state index contributed by atoms with van der Waals surface area (Å²) in [4.78, 5) is 38.0. The summed E-state index contributed by atoms with van der Waals surface area (Å²) in [6, 6.07) is 4.38. The molecule has 1 unspecified atom stereocenters. The molecule has 9 heteroatoms. The average molecular weight is 435 g/mol. The van der Waals surface area contributed by atoms with E-state index in [-0.39, 0.29) is 30.5 Å². The van der Waals surface area contributed by atoms with Crippen molar-refractivity contribution in [3.05, 3.63) is 24.0 Å². The Bertz CT molecular complexity index is 796. The van der Waals surface area contributed by atoms with Crippen LogP contribution in [0.15, 0.2) is 18.2 Å². The van der Waals surface area contributed by atoms with Gasteiger partial charge in [0, 0.05) is 44.7 Å². The lowest BCUT2D eigenvalue weighted by Gasteiger charge is -2.36. The quantitative estimate of drug-likeness (QED) is 0.383. The Hall–Kier alpha value is -2.68. The largest absolute Gasteiger partial charge is 0.481 e. The van der Waals surface area contributed by atoms with E-state index in [0.717, 1.165) is 58.4 Å². The smallest absolute Gasteiger partial charge is 0.303 e. The van der Waals surface area contributed by atoms with Gasteiger partial charge in [-0.25, -0.2) is 4.39 Å². The van der Waals surface area contributed by atoms with Crippen molar-refractivity contribution >= 4 is 29.2 Å². The van der Waals surface area contributed by atoms with E-state index in [9.17, 15) is 18.8 Å². The van der Waals surface area contributed by atoms with Gasteiger partial charge in [-0.3, -0.25) is 24.6 Å². The molecule has 31 heavy (non-hydrogen) atoms. The van der Waals surface area contributed by atoms with Gasteiger partial charge in [-0.1, -0.05) is 12.8 Å². The lowest BCUT2D eigenvalue weighted by Crippen LogP contribution is -2.47. The third-order valence-corrected chi connectivity index (χ3v) is 5.86. The molecular weight excluding hydrogens is 403 g/mol. The fourth-order valence-electron chi connectivity index (χ4n) is 4.06. The van der Waals surface area contributed by atoms with Crippen LogP contribution in [0.25, 0.3) is 0 Å². The number of rotatable bonds is 10. The zero-order valence-electron chi connectivity index (χ0n) is 17.7. The number of carbonyl (C=O) groups is 3. The van der Waals surface area contributed by atoms with Crippen molar-refractivity contribution < 1.29 is 23.9 Å². The summed E-state index contributed by atoms with van der Waals surface area (Å²) in [5, 5.41) is 13.9. The predicted octanol–water partition coefficient (Wildman–Crippen LogP) is 2.20. The number of nitrogens with zero attached hydrogens (tertiary/aromatic N) is 2. The van der Waals surface area contributed by atoms with Crippen LogP contribution in [-0.2, 0) is 14.4 Å². The summed E-state index contributed by atoms with van der Waals surface area (Å²) in [5.41, 5.74) is 1.08. The number of nitrogens with one attached hydrogen (secondary N) is 2. The minimum atomic E-state index is -0.733. The Morgan fingerprint density at radius 2 is 1.87 bits per heavy atom. The zero-order valence-corrected chi connectivity index (χ0v) is 17.7. The van der Waals surface area contributed by atoms with E-state index in [4.69, 9.17) is 5.11 Å². The standard InChI is InChI=1S/C22H31FN4O4/c23-17-15-16(24-18-7-9-20(28)25-22(18)31)6-8-19(17)27-13-11-26(12-14-27)10-4-2-1-3-5-21(29)30/h6,8,15,18,24H,1-5,7,9-14H2,(H,29,30)(H,25,28,31). The molecule has 2 saturated heterocycles. The topological polar surface area (TPSA) is 102 Å². The molecule has 2 amide bonds. The molecular formula is C22H31FN4O4. The van der Waals surface area contributed by atoms with Crippen LogP contribution in [0, 0.1) is 5.82 Å². The SMILES string of the molecule is O=C(O)CCCCCCN1CCN(c2ccc(NC3CCC(=O)NC3=O)cc2F)CC1. The molecule has 1 aromatic rings. The summed E-state index contributed by atoms with van der Waals surface area (Å²) in [5.74, 6) is -1.71. The maximum absolute atomic E-state index is 14.7. The van der Waals surface area contributed by atoms with Gasteiger partial charge in [0.15, 0.2) is 0 Å². The molecule has 0 spiro atoms. The fourth-order valence-corrected chi connectivity index (χ4v) is 4.06. The van der Waals surface area contributed by atoms with E-state index in [1.54, 1.807) is 12.1 Å². The van der Waals surface area contributed by atoms with Crippen molar-refractivity contribution in [1.82, 2.24) is 10.2 Å². The number of amides is 2. The molecule has 1 atom stereocenters. The van der Waals surface area contributed by atoms with Gasteiger partial charge in [0.25, 0.3) is 0 Å². The third-order valence-electron chi connectivity index (χ3n) is 5.86. The molecule has 2 heterocycles. The van der Waals surface area contributed by atoms with Gasteiger partial charge in [0.2, 0.25) is 11.8 Å². The molecule has 3 rings (SSSR count). The summed E-state index contributed by atoms with van der Waals surface area (Å²) in [6.45, 7) is 4.21. The minimum Gasteiger partial charge on any atom is -0.481 e. The number of unbranched alkanes of at least 4 members (excludes halogenated alkanes) is 3. The monoisotopic (exact) mass is 434 g/mol. The van der Waals surface area contributed by atoms with Gasteiger partial charge >= 0.3 is 5.97 Å². The lowest BCUT2D eigenvalue weighted by molar-refractivity contribution is -0.137. The first-order chi connectivity index (χ1) is 14.9. The Balaban J connectivity index is 1.41. The highest BCUT2D eigenvalue weighted by Crippen LogP contribution is 2.25. The first-order valence-electron chi connectivity index (χ1n) is 11.0. The number of carboxylic acids is 1. The van der Waals surface area contributed by atoms with Crippen molar-refractivity contribution in [2.75, 3.05) is 42.9 Å². The number of hydrogen-bond donors (Lipinski definition) is 3. The van der Waals surface area contributed by atoms with E-state index in [1.807, 2.05) is 4.90 Å². The molecule has 0 bridgehead atoms. The van der Waals surface area contributed by atoms with Crippen LogP contribution < -0.4 is 15.5 Å². The number of carboxylic acid groups (broad SMARTS) is 1. The normalized spacial score (nSPS) is 19.9. The first kappa shape index (κ1) is 23.0. The second-order valence-corrected chi connectivity index (χ2v) is 8.20. The summed E-state index contributed by atoms with van der Waals surface area (Å²) >= 11 is 0. The van der Waals surface area contributed by atoms with E-state index in [2.05, 4.69) is 15.5 Å². The third kappa shape index (κ3) is 6.92. The number of hydrogen-bond acceptors (Lipinski definition) is 6. The van der Waals surface area contributed by atoms with Gasteiger partial charge in [-0.2, -0.15) is 0 Å². The number of aliphatic carboxylic acids is 1. The van der Waals surface area contributed by atoms with Gasteiger partial charge < -0.3 is 15.3 Å². The van der Waals surface area contributed by atoms with Crippen LogP contribution in [0.3, 0.4) is 0 Å². The highest BCUT2D eigenvalue weighted by atomic mass is 19.1. The van der Waals surface area contributed by atoms with Crippen molar-refractivity contribution in [1.29, 1.82) is 0 Å². The predicted molar refractivity (Wildman–Crippen MR) is 116 cm³/mol. The van der Waals surface area contributed by atoms with Gasteiger partial charge in [-0.15, -0.1) is 0 Å². The van der Waals surface area contributed by atoms with E-state index < -0.39 is 12.0 Å². The van der Waals surface area contributed by atoms with E-state index in [1.165, 1.54) is 6.07 Å². The Morgan fingerprint density at radius 3 is 2.55 bits per heavy atom. The number of imide groups is 1. The lowest BCUT2D eigenvalue weighted by atomic mass is 10.1. The molecule has 1 aromatic carbocycles. The molecule has 0 aliphatic carbocycles. The Labute approximate surface area is 181 Å². The summed E-state index contributed by atoms with van der Waals surface area (Å²) < 4.78 is 14.7. The number of piperazine rings is 1. The summed E-state index contributed by atoms with van der Waals surface area (Å²) in [7, 11) is 0. The van der Waals surface area contributed by atoms with Crippen molar-refractivity contribution in [3.63, 3.8) is 0 Å². The number of halogens is 1. The number of benzene rings is 1. The highest BCUT2D eigenvalue weighted by molar-refractivity contribution is 6.01. The number of anilines is 2. The van der Waals surface area contributed by atoms with Crippen LogP contribution in [0.1, 0.15) is 44.9 Å². The van der Waals surface area contributed by atoms with Crippen molar-refractivity contribution in [2.45, 2.75) is 51.0 Å². The fraction of sp³-hybridized carbons (Fsp3) is 0.591. The second kappa shape index (κ2) is 11.1. The van der Waals surface area contributed by atoms with Gasteiger partial charge in [-0.05, 0) is 44.0 Å². The van der Waals surface area contributed by atoms with Crippen LogP contribution in [-0.4, -0.2) is 66.6 Å². The Kier molecular flexibility index (Phi) is 8.22. The van der Waals surface area contributed by atoms with E-state index >= 15 is 0 Å². The average Bonchev–Trinajstić information content (AvgIpc) is 2.73. The molecule has 0 aromatic heterocycles. The van der Waals surface area contributed by atoms with Crippen LogP contribution >= 0.6 is 0 Å². The second-order valence-electron chi connectivity index (χ2n) is 8.20. The van der Waals surface area contributed by atoms with Gasteiger partial charge in [0.1, 0.15) is 11.9 Å². The number of piperidine rings is 1. The molecule has 0 radical (unpaired) electrons. The highest BCUT2D eigenvalue weighted by Gasteiger charge is 2.27. The molecule has 170 valence electrons. The van der Waals surface area contributed by atoms with Crippen LogP contribution in [0.5, 0.6) is 0 Å². The first-order valence-corrected chi connectivity index (χ1v) is 11.0. The van der Waals surface area contributed by atoms with Crippen LogP contribution in [0.4, 0.5) is 15.8 Å². The van der Waals surface area contributed by atoms with Gasteiger partial charge in [0.05, 0.1) is 5.69 Å². The molecule has 3 N–H and O–H groups in total. The van der Waals surface area contributed by atoms with E-state index in [0.29, 0.717) is 17.8 Å². The van der Waals surface area contributed by atoms with Crippen molar-refractivity contribution in [3.8, 4) is 0 Å². The molecule has 2 aliphatic heterocycles. The Morgan fingerprint density at radius 1 is 1.13 bits per heavy atom. The molecule has 2 aliphatic rings. The maximum atomic E-state index is 14.7. The summed E-state index contributed by atoms with van der Waals surface area (Å²) in [6.07, 6.45) is 4.67.